The van der Waals surface area contributed by atoms with Crippen molar-refractivity contribution in [1.82, 2.24) is 0 Å². The summed E-state index contributed by atoms with van der Waals surface area (Å²) < 4.78 is 80.8. The van der Waals surface area contributed by atoms with E-state index in [4.69, 9.17) is 18.9 Å². The second kappa shape index (κ2) is 10.9. The maximum absolute atomic E-state index is 10.7. The standard InChI is InChI=1S/C24H26O4S.F6P/c1-16(25-3)27-21-10-5-18(6-11-21)20-9-14-24(29)23(15-20)19-7-12-22(13-8-19)28-17(2)26-4;1-7(2,3,4,5)6/h5-17,29H,1-4H3;/q;-1/p+1. The van der Waals surface area contributed by atoms with Crippen molar-refractivity contribution in [3.8, 4) is 33.8 Å². The Kier molecular flexibility index (Phi) is 9.00. The molecule has 0 fully saturated rings. The monoisotopic (exact) mass is 556 g/mol. The van der Waals surface area contributed by atoms with Gasteiger partial charge in [0.25, 0.3) is 0 Å². The van der Waals surface area contributed by atoms with E-state index in [1.807, 2.05) is 62.4 Å². The zero-order chi connectivity index (χ0) is 27.2. The molecule has 0 saturated carbocycles. The van der Waals surface area contributed by atoms with Gasteiger partial charge in [0, 0.05) is 19.8 Å². The van der Waals surface area contributed by atoms with Gasteiger partial charge in [0.15, 0.2) is 17.5 Å². The van der Waals surface area contributed by atoms with Crippen LogP contribution in [0.4, 0.5) is 25.2 Å². The van der Waals surface area contributed by atoms with Crippen LogP contribution in [0.2, 0.25) is 0 Å². The molecular formula is C24H27F6O4PS. The minimum absolute atomic E-state index is 0.279. The van der Waals surface area contributed by atoms with Crippen molar-refractivity contribution in [3.63, 3.8) is 0 Å². The van der Waals surface area contributed by atoms with Gasteiger partial charge in [-0.3, -0.25) is 0 Å². The molecule has 4 nitrogen and oxygen atoms in total. The zero-order valence-electron chi connectivity index (χ0n) is 19.9. The Bertz CT molecular complexity index is 1130. The molecule has 0 amide bonds. The van der Waals surface area contributed by atoms with Crippen LogP contribution in [-0.4, -0.2) is 26.8 Å². The van der Waals surface area contributed by atoms with E-state index in [0.717, 1.165) is 38.6 Å². The number of hydrogen-bond donors (Lipinski definition) is 0. The third-order valence-corrected chi connectivity index (χ3v) is 5.08. The Labute approximate surface area is 210 Å². The van der Waals surface area contributed by atoms with E-state index in [0.29, 0.717) is 0 Å². The third-order valence-electron chi connectivity index (χ3n) is 4.64. The van der Waals surface area contributed by atoms with Crippen LogP contribution in [-0.2, 0) is 22.1 Å². The molecule has 0 saturated heterocycles. The molecule has 0 aliphatic heterocycles. The van der Waals surface area contributed by atoms with Crippen molar-refractivity contribution in [2.75, 3.05) is 14.2 Å². The summed E-state index contributed by atoms with van der Waals surface area (Å²) in [6, 6.07) is 22.3. The fraction of sp³-hybridized carbons (Fsp3) is 0.250. The average molecular weight is 557 g/mol. The van der Waals surface area contributed by atoms with Crippen LogP contribution in [0.15, 0.2) is 71.6 Å². The molecule has 3 aromatic rings. The van der Waals surface area contributed by atoms with Gasteiger partial charge in [-0.05, 0) is 85.6 Å². The predicted molar refractivity (Wildman–Crippen MR) is 134 cm³/mol. The van der Waals surface area contributed by atoms with Gasteiger partial charge in [0.1, 0.15) is 11.5 Å². The molecule has 0 spiro atoms. The minimum atomic E-state index is -10.7. The molecule has 0 aromatic heterocycles. The molecule has 0 radical (unpaired) electrons. The summed E-state index contributed by atoms with van der Waals surface area (Å²) in [5.74, 6) is 1.55. The molecule has 0 aliphatic carbocycles. The molecule has 3 rings (SSSR count). The van der Waals surface area contributed by atoms with Crippen molar-refractivity contribution >= 4 is 20.4 Å². The summed E-state index contributed by atoms with van der Waals surface area (Å²) in [4.78, 5) is 1.03. The Morgan fingerprint density at radius 1 is 0.611 bits per heavy atom. The van der Waals surface area contributed by atoms with E-state index in [9.17, 15) is 25.2 Å². The molecule has 12 heteroatoms. The second-order valence-corrected chi connectivity index (χ2v) is 10.1. The van der Waals surface area contributed by atoms with Gasteiger partial charge in [0.2, 0.25) is 0 Å². The summed E-state index contributed by atoms with van der Waals surface area (Å²) in [5.41, 5.74) is 4.45. The van der Waals surface area contributed by atoms with Crippen LogP contribution >= 0.6 is 7.81 Å². The molecule has 0 N–H and O–H groups in total. The Morgan fingerprint density at radius 2 is 0.972 bits per heavy atom. The van der Waals surface area contributed by atoms with Crippen molar-refractivity contribution in [3.05, 3.63) is 66.7 Å². The maximum atomic E-state index is 9.87. The molecule has 200 valence electrons. The van der Waals surface area contributed by atoms with Gasteiger partial charge in [-0.2, -0.15) is 0 Å². The number of benzene rings is 3. The van der Waals surface area contributed by atoms with E-state index in [2.05, 4.69) is 30.8 Å². The first-order valence-corrected chi connectivity index (χ1v) is 13.0. The van der Waals surface area contributed by atoms with Crippen LogP contribution in [0.5, 0.6) is 11.5 Å². The van der Waals surface area contributed by atoms with Crippen molar-refractivity contribution < 1.29 is 44.1 Å². The number of halogens is 6. The summed E-state index contributed by atoms with van der Waals surface area (Å²) >= 11 is 3.73. The number of methoxy groups -OCH3 is 2. The third kappa shape index (κ3) is 11.5. The van der Waals surface area contributed by atoms with Crippen LogP contribution < -0.4 is 9.47 Å². The first-order chi connectivity index (χ1) is 16.4. The second-order valence-electron chi connectivity index (χ2n) is 7.61. The summed E-state index contributed by atoms with van der Waals surface area (Å²) in [6.45, 7) is 3.72. The molecule has 0 aliphatic rings. The summed E-state index contributed by atoms with van der Waals surface area (Å²) in [6.07, 6.45) is -0.562. The summed E-state index contributed by atoms with van der Waals surface area (Å²) in [5, 5.41) is 0. The van der Waals surface area contributed by atoms with Crippen molar-refractivity contribution in [1.29, 1.82) is 0 Å². The zero-order valence-corrected chi connectivity index (χ0v) is 21.7. The van der Waals surface area contributed by atoms with Gasteiger partial charge in [-0.15, -0.1) is 0 Å². The topological polar surface area (TPSA) is 36.9 Å². The van der Waals surface area contributed by atoms with Gasteiger partial charge >= 0.3 is 33.0 Å². The van der Waals surface area contributed by atoms with Gasteiger partial charge in [-0.25, -0.2) is 0 Å². The Morgan fingerprint density at radius 3 is 1.36 bits per heavy atom. The quantitative estimate of drug-likeness (QED) is 0.121. The normalized spacial score (nSPS) is 15.0. The molecule has 0 bridgehead atoms. The van der Waals surface area contributed by atoms with E-state index in [1.54, 1.807) is 14.2 Å². The first-order valence-electron chi connectivity index (χ1n) is 10.5. The number of rotatable bonds is 8. The van der Waals surface area contributed by atoms with Crippen LogP contribution in [0, 0.1) is 0 Å². The molecule has 36 heavy (non-hydrogen) atoms. The number of hydrogen-bond acceptors (Lipinski definition) is 4. The fourth-order valence-corrected chi connectivity index (χ4v) is 3.18. The van der Waals surface area contributed by atoms with Crippen LogP contribution in [0.1, 0.15) is 13.8 Å². The molecule has 2 unspecified atom stereocenters. The molecule has 0 heterocycles. The van der Waals surface area contributed by atoms with Crippen molar-refractivity contribution in [2.24, 2.45) is 0 Å². The summed E-state index contributed by atoms with van der Waals surface area (Å²) in [7, 11) is -7.41. The van der Waals surface area contributed by atoms with E-state index in [-0.39, 0.29) is 12.6 Å². The Balaban J connectivity index is 0.000000572. The SMILES string of the molecule is COC(C)Oc1ccc(-c2ccc([SH2+])c(-c3ccc(OC(C)OC)cc3)c2)cc1.F[P-](F)(F)(F)(F)F. The van der Waals surface area contributed by atoms with Gasteiger partial charge in [-0.1, -0.05) is 24.3 Å². The molecule has 3 aromatic carbocycles. The van der Waals surface area contributed by atoms with Crippen LogP contribution in [0.3, 0.4) is 0 Å². The Hall–Kier alpha value is -2.46. The van der Waals surface area contributed by atoms with Gasteiger partial charge < -0.3 is 18.9 Å². The average Bonchev–Trinajstić information content (AvgIpc) is 2.78. The molecule has 2 atom stereocenters. The van der Waals surface area contributed by atoms with E-state index >= 15 is 0 Å². The van der Waals surface area contributed by atoms with Gasteiger partial charge in [0.05, 0.1) is 0 Å². The predicted octanol–water partition coefficient (Wildman–Crippen LogP) is 8.52. The van der Waals surface area contributed by atoms with Crippen molar-refractivity contribution in [2.45, 2.75) is 31.3 Å². The first kappa shape index (κ1) is 29.8. The number of ether oxygens (including phenoxy) is 4. The fourth-order valence-electron chi connectivity index (χ4n) is 2.88. The van der Waals surface area contributed by atoms with Crippen LogP contribution in [0.25, 0.3) is 22.3 Å². The molecular weight excluding hydrogens is 529 g/mol. The van der Waals surface area contributed by atoms with E-state index < -0.39 is 7.81 Å². The van der Waals surface area contributed by atoms with E-state index in [1.165, 1.54) is 0 Å².